The van der Waals surface area contributed by atoms with Crippen LogP contribution in [0.4, 0.5) is 22.0 Å². The molecular formula is C28H33FN8O3. The van der Waals surface area contributed by atoms with Gasteiger partial charge < -0.3 is 30.4 Å². The molecule has 0 radical (unpaired) electrons. The molecular weight excluding hydrogens is 515 g/mol. The number of aromatic amines is 1. The van der Waals surface area contributed by atoms with Gasteiger partial charge in [-0.05, 0) is 43.7 Å². The molecule has 40 heavy (non-hydrogen) atoms. The molecule has 1 aliphatic heterocycles. The second-order valence-electron chi connectivity index (χ2n) is 9.84. The van der Waals surface area contributed by atoms with Crippen LogP contribution in [-0.2, 0) is 4.74 Å². The predicted octanol–water partition coefficient (Wildman–Crippen LogP) is 3.56. The molecule has 1 fully saturated rings. The molecule has 0 saturated carbocycles. The molecule has 0 aliphatic carbocycles. The fraction of sp³-hybridized carbons (Fsp3) is 0.357. The summed E-state index contributed by atoms with van der Waals surface area (Å²) in [5.74, 6) is 1.46. The highest BCUT2D eigenvalue weighted by atomic mass is 19.1. The molecule has 5 rings (SSSR count). The lowest BCUT2D eigenvalue weighted by molar-refractivity contribution is 0.190. The number of H-pyrrole nitrogens is 1. The van der Waals surface area contributed by atoms with Crippen molar-refractivity contribution in [3.63, 3.8) is 0 Å². The van der Waals surface area contributed by atoms with Crippen molar-refractivity contribution in [2.45, 2.75) is 25.9 Å². The standard InChI is InChI=1S/C28H33FN8O3/c1-17(16-39-3)31-28-33-23(37-13-11-36(12-14-37)18(2)19-7-9-20(29)10-8-19)15-24(34-28)40-22-6-4-5-21-25(22)35-26(30)27(38)32-21/h4-10,15,17-18H,11-14,16H2,1-3H3,(H2,30,35)(H,32,38)(H,31,33,34)/t17-,18-/m0/s1. The molecule has 4 aromatic rings. The third kappa shape index (κ3) is 6.13. The number of aromatic nitrogens is 4. The lowest BCUT2D eigenvalue weighted by Crippen LogP contribution is -2.47. The van der Waals surface area contributed by atoms with Crippen LogP contribution in [0.5, 0.6) is 11.6 Å². The second-order valence-corrected chi connectivity index (χ2v) is 9.84. The van der Waals surface area contributed by atoms with Crippen molar-refractivity contribution in [2.24, 2.45) is 0 Å². The summed E-state index contributed by atoms with van der Waals surface area (Å²) >= 11 is 0. The summed E-state index contributed by atoms with van der Waals surface area (Å²) in [6.07, 6.45) is 0. The molecule has 2 aromatic heterocycles. The summed E-state index contributed by atoms with van der Waals surface area (Å²) in [5.41, 5.74) is 7.32. The Bertz CT molecular complexity index is 1520. The first-order valence-electron chi connectivity index (χ1n) is 13.2. The van der Waals surface area contributed by atoms with Crippen LogP contribution in [0, 0.1) is 5.82 Å². The first-order chi connectivity index (χ1) is 19.3. The van der Waals surface area contributed by atoms with Gasteiger partial charge in [0.25, 0.3) is 5.56 Å². The minimum atomic E-state index is -0.458. The van der Waals surface area contributed by atoms with Gasteiger partial charge in [-0.2, -0.15) is 9.97 Å². The first-order valence-corrected chi connectivity index (χ1v) is 13.2. The van der Waals surface area contributed by atoms with Crippen molar-refractivity contribution in [1.29, 1.82) is 0 Å². The van der Waals surface area contributed by atoms with E-state index in [4.69, 9.17) is 20.2 Å². The SMILES string of the molecule is COC[C@H](C)Nc1nc(Oc2cccc3[nH]c(=O)c(N)nc23)cc(N2CCN([C@@H](C)c3ccc(F)cc3)CC2)n1. The Morgan fingerprint density at radius 2 is 1.82 bits per heavy atom. The molecule has 1 aliphatic rings. The minimum Gasteiger partial charge on any atom is -0.436 e. The van der Waals surface area contributed by atoms with Gasteiger partial charge in [0.1, 0.15) is 17.2 Å². The summed E-state index contributed by atoms with van der Waals surface area (Å²) in [6, 6.07) is 13.8. The van der Waals surface area contributed by atoms with E-state index in [1.54, 1.807) is 31.4 Å². The van der Waals surface area contributed by atoms with Gasteiger partial charge in [0.2, 0.25) is 11.8 Å². The minimum absolute atomic E-state index is 0.0365. The van der Waals surface area contributed by atoms with Crippen molar-refractivity contribution in [2.75, 3.05) is 55.8 Å². The van der Waals surface area contributed by atoms with Crippen LogP contribution in [0.1, 0.15) is 25.5 Å². The number of nitrogens with two attached hydrogens (primary N) is 1. The third-order valence-corrected chi connectivity index (χ3v) is 6.95. The Kier molecular flexibility index (Phi) is 8.08. The summed E-state index contributed by atoms with van der Waals surface area (Å²) in [4.78, 5) is 32.8. The Labute approximate surface area is 231 Å². The lowest BCUT2D eigenvalue weighted by Gasteiger charge is -2.38. The van der Waals surface area contributed by atoms with Crippen LogP contribution in [-0.4, -0.2) is 70.8 Å². The number of para-hydroxylation sites is 1. The molecule has 2 aromatic carbocycles. The molecule has 0 spiro atoms. The number of ether oxygens (including phenoxy) is 2. The first kappa shape index (κ1) is 27.3. The number of methoxy groups -OCH3 is 1. The topological polar surface area (TPSA) is 135 Å². The Balaban J connectivity index is 1.39. The molecule has 1 saturated heterocycles. The zero-order valence-corrected chi connectivity index (χ0v) is 22.7. The number of hydrogen-bond donors (Lipinski definition) is 3. The number of nitrogens with one attached hydrogen (secondary N) is 2. The molecule has 0 amide bonds. The quantitative estimate of drug-likeness (QED) is 0.285. The van der Waals surface area contributed by atoms with E-state index in [1.807, 2.05) is 19.1 Å². The van der Waals surface area contributed by atoms with Gasteiger partial charge in [-0.1, -0.05) is 18.2 Å². The maximum absolute atomic E-state index is 13.4. The number of fused-ring (bicyclic) bond motifs is 1. The number of hydrogen-bond acceptors (Lipinski definition) is 10. The smallest absolute Gasteiger partial charge is 0.290 e. The van der Waals surface area contributed by atoms with Gasteiger partial charge in [-0.15, -0.1) is 0 Å². The van der Waals surface area contributed by atoms with Crippen molar-refractivity contribution >= 4 is 28.6 Å². The van der Waals surface area contributed by atoms with E-state index >= 15 is 0 Å². The van der Waals surface area contributed by atoms with E-state index < -0.39 is 5.56 Å². The van der Waals surface area contributed by atoms with Crippen molar-refractivity contribution in [3.05, 3.63) is 70.3 Å². The molecule has 210 valence electrons. The summed E-state index contributed by atoms with van der Waals surface area (Å²) in [7, 11) is 1.64. The molecule has 11 nitrogen and oxygen atoms in total. The van der Waals surface area contributed by atoms with Crippen molar-refractivity contribution in [1.82, 2.24) is 24.8 Å². The van der Waals surface area contributed by atoms with Gasteiger partial charge in [-0.25, -0.2) is 9.37 Å². The molecule has 4 N–H and O–H groups in total. The van der Waals surface area contributed by atoms with Gasteiger partial charge in [0, 0.05) is 51.4 Å². The highest BCUT2D eigenvalue weighted by Gasteiger charge is 2.24. The fourth-order valence-electron chi connectivity index (χ4n) is 4.79. The zero-order valence-electron chi connectivity index (χ0n) is 22.7. The van der Waals surface area contributed by atoms with Crippen LogP contribution in [0.3, 0.4) is 0 Å². The second kappa shape index (κ2) is 11.8. The number of nitrogen functional groups attached to an aromatic ring is 1. The molecule has 0 unspecified atom stereocenters. The number of rotatable bonds is 9. The Morgan fingerprint density at radius 3 is 2.55 bits per heavy atom. The van der Waals surface area contributed by atoms with E-state index in [-0.39, 0.29) is 23.7 Å². The summed E-state index contributed by atoms with van der Waals surface area (Å²) in [5, 5.41) is 3.28. The van der Waals surface area contributed by atoms with E-state index in [0.717, 1.165) is 31.7 Å². The monoisotopic (exact) mass is 548 g/mol. The number of benzene rings is 2. The average Bonchev–Trinajstić information content (AvgIpc) is 2.94. The Morgan fingerprint density at radius 1 is 1.07 bits per heavy atom. The van der Waals surface area contributed by atoms with Crippen LogP contribution in [0.25, 0.3) is 11.0 Å². The number of halogens is 1. The van der Waals surface area contributed by atoms with Gasteiger partial charge in [0.05, 0.1) is 12.1 Å². The summed E-state index contributed by atoms with van der Waals surface area (Å²) in [6.45, 7) is 7.68. The molecule has 2 atom stereocenters. The van der Waals surface area contributed by atoms with E-state index in [1.165, 1.54) is 12.1 Å². The Hall–Kier alpha value is -4.29. The van der Waals surface area contributed by atoms with Crippen LogP contribution in [0.2, 0.25) is 0 Å². The molecule has 0 bridgehead atoms. The number of piperazine rings is 1. The van der Waals surface area contributed by atoms with E-state index in [2.05, 4.69) is 37.0 Å². The number of nitrogens with zero attached hydrogens (tertiary/aromatic N) is 5. The fourth-order valence-corrected chi connectivity index (χ4v) is 4.79. The highest BCUT2D eigenvalue weighted by molar-refractivity contribution is 5.82. The normalized spacial score (nSPS) is 15.7. The maximum Gasteiger partial charge on any atom is 0.290 e. The summed E-state index contributed by atoms with van der Waals surface area (Å²) < 4.78 is 24.8. The lowest BCUT2D eigenvalue weighted by atomic mass is 10.1. The van der Waals surface area contributed by atoms with Crippen molar-refractivity contribution < 1.29 is 13.9 Å². The van der Waals surface area contributed by atoms with Gasteiger partial charge >= 0.3 is 0 Å². The predicted molar refractivity (Wildman–Crippen MR) is 152 cm³/mol. The van der Waals surface area contributed by atoms with Gasteiger partial charge in [0.15, 0.2) is 11.6 Å². The number of anilines is 3. The van der Waals surface area contributed by atoms with Crippen LogP contribution < -0.4 is 26.2 Å². The average molecular weight is 549 g/mol. The largest absolute Gasteiger partial charge is 0.436 e. The zero-order chi connectivity index (χ0) is 28.2. The van der Waals surface area contributed by atoms with Crippen molar-refractivity contribution in [3.8, 4) is 11.6 Å². The van der Waals surface area contributed by atoms with E-state index in [0.29, 0.717) is 41.0 Å². The van der Waals surface area contributed by atoms with Crippen LogP contribution >= 0.6 is 0 Å². The maximum atomic E-state index is 13.4. The highest BCUT2D eigenvalue weighted by Crippen LogP contribution is 2.30. The van der Waals surface area contributed by atoms with E-state index in [9.17, 15) is 9.18 Å². The third-order valence-electron chi connectivity index (χ3n) is 6.95. The molecule has 12 heteroatoms. The molecule has 3 heterocycles. The van der Waals surface area contributed by atoms with Crippen LogP contribution in [0.15, 0.2) is 53.3 Å². The van der Waals surface area contributed by atoms with Gasteiger partial charge in [-0.3, -0.25) is 9.69 Å².